The Morgan fingerprint density at radius 2 is 1.12 bits per heavy atom. The lowest BCUT2D eigenvalue weighted by atomic mass is 9.99. The van der Waals surface area contributed by atoms with Gasteiger partial charge in [-0.15, -0.1) is 0 Å². The highest BCUT2D eigenvalue weighted by molar-refractivity contribution is 5.80. The third kappa shape index (κ3) is 34.1. The fraction of sp³-hybridized carbons (Fsp3) is 0.621. The first-order valence-electron chi connectivity index (χ1n) is 26.4. The van der Waals surface area contributed by atoms with Crippen LogP contribution in [0.2, 0.25) is 0 Å². The van der Waals surface area contributed by atoms with Gasteiger partial charge in [0, 0.05) is 6.42 Å². The van der Waals surface area contributed by atoms with Crippen LogP contribution in [0.3, 0.4) is 0 Å². The van der Waals surface area contributed by atoms with E-state index < -0.39 is 67.4 Å². The summed E-state index contributed by atoms with van der Waals surface area (Å²) in [6.07, 6.45) is 51.2. The lowest BCUT2D eigenvalue weighted by Gasteiger charge is -2.41. The largest absolute Gasteiger partial charge is 0.454 e. The quantitative estimate of drug-likeness (QED) is 0.0150. The maximum absolute atomic E-state index is 13.3. The number of unbranched alkanes of at least 4 members (excludes halogenated alkanes) is 12. The standard InChI is InChI=1S/C58H93NO10/c1-4-7-10-13-16-19-22-24-25-26-28-30-33-36-39-42-45-51(62)57(66)59-49(50(61)44-41-38-35-32-29-21-18-15-12-9-6-3)48-67-58-56(55(65)54(64)52(47-60)68-58)69-53(63)46-43-40-37-34-31-27-23-20-17-14-11-8-5-2/h7-8,10-11,14,16-17,19-20,23-25,27-28,30-31,36,39,41,44,49-52,54-56,58,60-62,64-65H,4-6,9,12-13,15,18,21-22,26,29,32-35,37-38,40,42-43,45-48H2,1-3H3,(H,59,66)/b10-7-,11-8+,17-14+,19-16-,23-20-,25-24-,30-28-,31-27-,39-36-,44-41+. The number of hydrogen-bond donors (Lipinski definition) is 6. The summed E-state index contributed by atoms with van der Waals surface area (Å²) >= 11 is 0. The van der Waals surface area contributed by atoms with Crippen molar-refractivity contribution in [3.63, 3.8) is 0 Å². The SMILES string of the molecule is CC/C=C\C/C=C\C/C=C\C/C=C\C/C=C\CCC(O)C(=O)NC(COC1OC(CO)C(O)C(O)C1OC(=O)CCCCC\C=C/C=C\C=C\C=C\CC)C(O)/C=C/CCCCCCCCCCC. The van der Waals surface area contributed by atoms with Crippen molar-refractivity contribution >= 4 is 11.9 Å². The minimum atomic E-state index is -1.65. The highest BCUT2D eigenvalue weighted by Crippen LogP contribution is 2.26. The Balaban J connectivity index is 2.85. The Kier molecular flexibility index (Phi) is 41.3. The minimum absolute atomic E-state index is 0.0633. The second-order valence-corrected chi connectivity index (χ2v) is 17.6. The molecule has 0 bridgehead atoms. The zero-order chi connectivity index (χ0) is 50.4. The Labute approximate surface area is 417 Å². The predicted molar refractivity (Wildman–Crippen MR) is 282 cm³/mol. The third-order valence-corrected chi connectivity index (χ3v) is 11.5. The Hall–Kier alpha value is -3.94. The van der Waals surface area contributed by atoms with Crippen LogP contribution in [0.5, 0.6) is 0 Å². The molecule has 1 fully saturated rings. The van der Waals surface area contributed by atoms with Gasteiger partial charge < -0.3 is 45.1 Å². The van der Waals surface area contributed by atoms with Gasteiger partial charge in [-0.2, -0.15) is 0 Å². The van der Waals surface area contributed by atoms with Crippen LogP contribution in [0.15, 0.2) is 122 Å². The number of carbonyl (C=O) groups is 2. The first-order chi connectivity index (χ1) is 33.7. The molecule has 1 heterocycles. The van der Waals surface area contributed by atoms with Gasteiger partial charge in [-0.3, -0.25) is 9.59 Å². The van der Waals surface area contributed by atoms with Gasteiger partial charge in [-0.05, 0) is 83.5 Å². The first kappa shape index (κ1) is 63.1. The molecule has 0 saturated carbocycles. The van der Waals surface area contributed by atoms with Crippen LogP contribution in [0.25, 0.3) is 0 Å². The lowest BCUT2D eigenvalue weighted by molar-refractivity contribution is -0.305. The van der Waals surface area contributed by atoms with Crippen molar-refractivity contribution in [1.29, 1.82) is 0 Å². The summed E-state index contributed by atoms with van der Waals surface area (Å²) in [6.45, 7) is 5.41. The van der Waals surface area contributed by atoms with Gasteiger partial charge in [0.15, 0.2) is 12.4 Å². The zero-order valence-corrected chi connectivity index (χ0v) is 42.6. The van der Waals surface area contributed by atoms with E-state index in [-0.39, 0.29) is 19.4 Å². The second kappa shape index (κ2) is 45.2. The van der Waals surface area contributed by atoms with Crippen molar-refractivity contribution in [2.45, 2.75) is 217 Å². The number of esters is 1. The minimum Gasteiger partial charge on any atom is -0.454 e. The van der Waals surface area contributed by atoms with Gasteiger partial charge in [-0.25, -0.2) is 0 Å². The van der Waals surface area contributed by atoms with Gasteiger partial charge in [0.05, 0.1) is 25.4 Å². The molecule has 1 rings (SSSR count). The Morgan fingerprint density at radius 1 is 0.594 bits per heavy atom. The van der Waals surface area contributed by atoms with Crippen molar-refractivity contribution in [2.24, 2.45) is 0 Å². The zero-order valence-electron chi connectivity index (χ0n) is 42.6. The van der Waals surface area contributed by atoms with E-state index in [2.05, 4.69) is 86.8 Å². The van der Waals surface area contributed by atoms with Crippen LogP contribution in [0.4, 0.5) is 0 Å². The van der Waals surface area contributed by atoms with E-state index in [0.717, 1.165) is 83.5 Å². The normalized spacial score (nSPS) is 20.8. The van der Waals surface area contributed by atoms with Crippen LogP contribution >= 0.6 is 0 Å². The van der Waals surface area contributed by atoms with E-state index in [9.17, 15) is 35.1 Å². The molecule has 0 spiro atoms. The molecule has 0 aromatic carbocycles. The number of amides is 1. The number of hydrogen-bond acceptors (Lipinski definition) is 10. The molecule has 1 aliphatic rings. The van der Waals surface area contributed by atoms with Gasteiger partial charge in [-0.1, -0.05) is 200 Å². The molecule has 0 radical (unpaired) electrons. The molecule has 6 N–H and O–H groups in total. The first-order valence-corrected chi connectivity index (χ1v) is 26.4. The number of carbonyl (C=O) groups excluding carboxylic acids is 2. The lowest BCUT2D eigenvalue weighted by Crippen LogP contribution is -2.61. The summed E-state index contributed by atoms with van der Waals surface area (Å²) in [6, 6.07) is -1.07. The molecule has 8 unspecified atom stereocenters. The number of ether oxygens (including phenoxy) is 3. The number of nitrogens with one attached hydrogen (secondary N) is 1. The van der Waals surface area contributed by atoms with Crippen LogP contribution in [0, 0.1) is 0 Å². The molecule has 8 atom stereocenters. The Morgan fingerprint density at radius 3 is 1.71 bits per heavy atom. The summed E-state index contributed by atoms with van der Waals surface area (Å²) in [5.41, 5.74) is 0. The Bertz CT molecular complexity index is 1570. The fourth-order valence-corrected chi connectivity index (χ4v) is 7.28. The van der Waals surface area contributed by atoms with Crippen LogP contribution in [0.1, 0.15) is 168 Å². The van der Waals surface area contributed by atoms with E-state index in [0.29, 0.717) is 12.8 Å². The van der Waals surface area contributed by atoms with Gasteiger partial charge in [0.25, 0.3) is 0 Å². The predicted octanol–water partition coefficient (Wildman–Crippen LogP) is 11.2. The topological polar surface area (TPSA) is 175 Å². The van der Waals surface area contributed by atoms with Crippen molar-refractivity contribution in [2.75, 3.05) is 13.2 Å². The van der Waals surface area contributed by atoms with E-state index >= 15 is 0 Å². The summed E-state index contributed by atoms with van der Waals surface area (Å²) < 4.78 is 17.4. The van der Waals surface area contributed by atoms with Gasteiger partial charge >= 0.3 is 5.97 Å². The van der Waals surface area contributed by atoms with Gasteiger partial charge in [0.2, 0.25) is 5.91 Å². The molecule has 0 aliphatic carbocycles. The molecule has 1 saturated heterocycles. The maximum atomic E-state index is 13.3. The van der Waals surface area contributed by atoms with E-state index in [4.69, 9.17) is 14.2 Å². The average Bonchev–Trinajstić information content (AvgIpc) is 3.34. The molecule has 0 aromatic heterocycles. The highest BCUT2D eigenvalue weighted by atomic mass is 16.7. The molecular formula is C58H93NO10. The molecule has 11 heteroatoms. The molecule has 11 nitrogen and oxygen atoms in total. The highest BCUT2D eigenvalue weighted by Gasteiger charge is 2.47. The molecule has 390 valence electrons. The number of rotatable bonds is 41. The third-order valence-electron chi connectivity index (χ3n) is 11.5. The van der Waals surface area contributed by atoms with Crippen LogP contribution in [-0.2, 0) is 23.8 Å². The van der Waals surface area contributed by atoms with E-state index in [1.54, 1.807) is 6.08 Å². The second-order valence-electron chi connectivity index (χ2n) is 17.6. The molecule has 69 heavy (non-hydrogen) atoms. The van der Waals surface area contributed by atoms with Crippen LogP contribution < -0.4 is 5.32 Å². The summed E-state index contributed by atoms with van der Waals surface area (Å²) in [5.74, 6) is -1.31. The fourth-order valence-electron chi connectivity index (χ4n) is 7.28. The van der Waals surface area contributed by atoms with E-state index in [1.807, 2.05) is 54.7 Å². The molecular weight excluding hydrogens is 871 g/mol. The maximum Gasteiger partial charge on any atom is 0.306 e. The van der Waals surface area contributed by atoms with Gasteiger partial charge in [0.1, 0.15) is 24.4 Å². The smallest absolute Gasteiger partial charge is 0.306 e. The van der Waals surface area contributed by atoms with E-state index in [1.165, 1.54) is 38.5 Å². The number of aliphatic hydroxyl groups excluding tert-OH is 5. The number of allylic oxidation sites excluding steroid dienone is 19. The molecule has 0 aromatic rings. The average molecular weight is 964 g/mol. The van der Waals surface area contributed by atoms with Crippen molar-refractivity contribution in [3.8, 4) is 0 Å². The number of aliphatic hydroxyl groups is 5. The monoisotopic (exact) mass is 964 g/mol. The van der Waals surface area contributed by atoms with Crippen LogP contribution in [-0.4, -0.2) is 99.6 Å². The van der Waals surface area contributed by atoms with Crippen molar-refractivity contribution < 1.29 is 49.3 Å². The summed E-state index contributed by atoms with van der Waals surface area (Å²) in [7, 11) is 0. The van der Waals surface area contributed by atoms with Crippen molar-refractivity contribution in [3.05, 3.63) is 122 Å². The van der Waals surface area contributed by atoms with Crippen molar-refractivity contribution in [1.82, 2.24) is 5.32 Å². The molecule has 1 amide bonds. The summed E-state index contributed by atoms with van der Waals surface area (Å²) in [4.78, 5) is 26.3. The summed E-state index contributed by atoms with van der Waals surface area (Å²) in [5, 5.41) is 56.5. The molecule has 1 aliphatic heterocycles.